The molecular formula is C13H11F3N2O. The van der Waals surface area contributed by atoms with Gasteiger partial charge in [-0.1, -0.05) is 12.1 Å². The SMILES string of the molecule is CCn1ncc(C=O)c1-c1ccc(C(F)(F)F)cc1. The number of rotatable bonds is 3. The number of alkyl halides is 3. The molecule has 0 radical (unpaired) electrons. The molecule has 0 unspecified atom stereocenters. The van der Waals surface area contributed by atoms with Crippen LogP contribution in [0.4, 0.5) is 13.2 Å². The number of nitrogens with zero attached hydrogens (tertiary/aromatic N) is 2. The number of carbonyl (C=O) groups excluding carboxylic acids is 1. The van der Waals surface area contributed by atoms with Crippen molar-refractivity contribution in [2.24, 2.45) is 0 Å². The van der Waals surface area contributed by atoms with E-state index in [1.165, 1.54) is 18.3 Å². The quantitative estimate of drug-likeness (QED) is 0.800. The maximum Gasteiger partial charge on any atom is 0.416 e. The first-order valence-corrected chi connectivity index (χ1v) is 5.66. The minimum absolute atomic E-state index is 0.363. The second kappa shape index (κ2) is 4.87. The number of benzene rings is 1. The third kappa shape index (κ3) is 2.52. The summed E-state index contributed by atoms with van der Waals surface area (Å²) in [6.45, 7) is 2.37. The Kier molecular flexibility index (Phi) is 3.42. The number of aromatic nitrogens is 2. The molecule has 1 aromatic heterocycles. The molecule has 2 rings (SSSR count). The Hall–Kier alpha value is -2.11. The minimum atomic E-state index is -4.36. The van der Waals surface area contributed by atoms with E-state index < -0.39 is 11.7 Å². The summed E-state index contributed by atoms with van der Waals surface area (Å²) < 4.78 is 39.0. The number of hydrogen-bond acceptors (Lipinski definition) is 2. The van der Waals surface area contributed by atoms with Crippen molar-refractivity contribution in [2.75, 3.05) is 0 Å². The normalized spacial score (nSPS) is 11.6. The lowest BCUT2D eigenvalue weighted by atomic mass is 10.1. The molecular weight excluding hydrogens is 257 g/mol. The standard InChI is InChI=1S/C13H11F3N2O/c1-2-18-12(10(8-19)7-17-18)9-3-5-11(6-4-9)13(14,15)16/h3-8H,2H2,1H3. The molecule has 2 aromatic rings. The molecule has 1 heterocycles. The Bertz CT molecular complexity index is 585. The van der Waals surface area contributed by atoms with Crippen LogP contribution in [0.1, 0.15) is 22.8 Å². The summed E-state index contributed by atoms with van der Waals surface area (Å²) in [7, 11) is 0. The topological polar surface area (TPSA) is 34.9 Å². The van der Waals surface area contributed by atoms with Gasteiger partial charge in [0.1, 0.15) is 0 Å². The molecule has 0 saturated heterocycles. The fraction of sp³-hybridized carbons (Fsp3) is 0.231. The molecule has 0 saturated carbocycles. The molecule has 0 aliphatic carbocycles. The molecule has 100 valence electrons. The van der Waals surface area contributed by atoms with Gasteiger partial charge in [-0.2, -0.15) is 18.3 Å². The van der Waals surface area contributed by atoms with E-state index in [1.54, 1.807) is 4.68 Å². The smallest absolute Gasteiger partial charge is 0.298 e. The molecule has 6 heteroatoms. The number of carbonyl (C=O) groups is 1. The van der Waals surface area contributed by atoms with Crippen LogP contribution in [-0.4, -0.2) is 16.1 Å². The monoisotopic (exact) mass is 268 g/mol. The molecule has 0 aliphatic heterocycles. The van der Waals surface area contributed by atoms with Gasteiger partial charge in [0.25, 0.3) is 0 Å². The van der Waals surface area contributed by atoms with Crippen LogP contribution in [0.25, 0.3) is 11.3 Å². The van der Waals surface area contributed by atoms with Gasteiger partial charge in [0.15, 0.2) is 6.29 Å². The zero-order chi connectivity index (χ0) is 14.0. The molecule has 0 spiro atoms. The maximum atomic E-state index is 12.5. The van der Waals surface area contributed by atoms with Crippen molar-refractivity contribution in [2.45, 2.75) is 19.6 Å². The van der Waals surface area contributed by atoms with Crippen molar-refractivity contribution in [3.05, 3.63) is 41.6 Å². The second-order valence-electron chi connectivity index (χ2n) is 3.96. The van der Waals surface area contributed by atoms with E-state index in [2.05, 4.69) is 5.10 Å². The lowest BCUT2D eigenvalue weighted by molar-refractivity contribution is -0.137. The van der Waals surface area contributed by atoms with Crippen molar-refractivity contribution in [3.8, 4) is 11.3 Å². The molecule has 0 bridgehead atoms. The fourth-order valence-corrected chi connectivity index (χ4v) is 1.86. The zero-order valence-electron chi connectivity index (χ0n) is 10.1. The highest BCUT2D eigenvalue weighted by atomic mass is 19.4. The van der Waals surface area contributed by atoms with Gasteiger partial charge in [-0.25, -0.2) is 0 Å². The third-order valence-electron chi connectivity index (χ3n) is 2.78. The Morgan fingerprint density at radius 3 is 2.37 bits per heavy atom. The summed E-state index contributed by atoms with van der Waals surface area (Å²) in [5.74, 6) is 0. The molecule has 0 atom stereocenters. The van der Waals surface area contributed by atoms with Gasteiger partial charge in [-0.05, 0) is 19.1 Å². The number of aryl methyl sites for hydroxylation is 1. The zero-order valence-corrected chi connectivity index (χ0v) is 10.1. The Labute approximate surface area is 107 Å². The molecule has 0 fully saturated rings. The largest absolute Gasteiger partial charge is 0.416 e. The van der Waals surface area contributed by atoms with E-state index in [9.17, 15) is 18.0 Å². The van der Waals surface area contributed by atoms with Gasteiger partial charge < -0.3 is 0 Å². The number of hydrogen-bond donors (Lipinski definition) is 0. The average Bonchev–Trinajstić information content (AvgIpc) is 2.80. The summed E-state index contributed by atoms with van der Waals surface area (Å²) in [4.78, 5) is 10.9. The summed E-state index contributed by atoms with van der Waals surface area (Å²) in [5, 5.41) is 4.02. The number of halogens is 3. The third-order valence-corrected chi connectivity index (χ3v) is 2.78. The molecule has 0 N–H and O–H groups in total. The van der Waals surface area contributed by atoms with E-state index in [4.69, 9.17) is 0 Å². The van der Waals surface area contributed by atoms with E-state index in [1.807, 2.05) is 6.92 Å². The minimum Gasteiger partial charge on any atom is -0.298 e. The van der Waals surface area contributed by atoms with Crippen LogP contribution >= 0.6 is 0 Å². The van der Waals surface area contributed by atoms with Crippen LogP contribution in [0.5, 0.6) is 0 Å². The predicted molar refractivity (Wildman–Crippen MR) is 63.7 cm³/mol. The molecule has 19 heavy (non-hydrogen) atoms. The van der Waals surface area contributed by atoms with Gasteiger partial charge in [0.2, 0.25) is 0 Å². The molecule has 3 nitrogen and oxygen atoms in total. The van der Waals surface area contributed by atoms with E-state index in [0.29, 0.717) is 29.7 Å². The summed E-state index contributed by atoms with van der Waals surface area (Å²) in [6, 6.07) is 4.69. The molecule has 0 aliphatic rings. The van der Waals surface area contributed by atoms with E-state index >= 15 is 0 Å². The van der Waals surface area contributed by atoms with Crippen molar-refractivity contribution in [1.29, 1.82) is 0 Å². The first kappa shape index (κ1) is 13.3. The van der Waals surface area contributed by atoms with Crippen LogP contribution < -0.4 is 0 Å². The van der Waals surface area contributed by atoms with Crippen LogP contribution in [0, 0.1) is 0 Å². The number of aldehydes is 1. The average molecular weight is 268 g/mol. The van der Waals surface area contributed by atoms with Crippen molar-refractivity contribution in [1.82, 2.24) is 9.78 Å². The van der Waals surface area contributed by atoms with Crippen molar-refractivity contribution >= 4 is 6.29 Å². The van der Waals surface area contributed by atoms with Gasteiger partial charge >= 0.3 is 6.18 Å². The van der Waals surface area contributed by atoms with Crippen molar-refractivity contribution in [3.63, 3.8) is 0 Å². The van der Waals surface area contributed by atoms with E-state index in [-0.39, 0.29) is 0 Å². The van der Waals surface area contributed by atoms with E-state index in [0.717, 1.165) is 12.1 Å². The van der Waals surface area contributed by atoms with Gasteiger partial charge in [0, 0.05) is 12.1 Å². The van der Waals surface area contributed by atoms with Gasteiger partial charge in [-0.15, -0.1) is 0 Å². The first-order chi connectivity index (χ1) is 8.97. The molecule has 0 amide bonds. The highest BCUT2D eigenvalue weighted by Gasteiger charge is 2.30. The highest BCUT2D eigenvalue weighted by Crippen LogP contribution is 2.31. The summed E-state index contributed by atoms with van der Waals surface area (Å²) in [5.41, 5.74) is 0.716. The Morgan fingerprint density at radius 1 is 1.26 bits per heavy atom. The predicted octanol–water partition coefficient (Wildman–Crippen LogP) is 3.40. The lowest BCUT2D eigenvalue weighted by Gasteiger charge is -2.09. The Balaban J connectivity index is 2.48. The fourth-order valence-electron chi connectivity index (χ4n) is 1.86. The van der Waals surface area contributed by atoms with Gasteiger partial charge in [-0.3, -0.25) is 9.48 Å². The van der Waals surface area contributed by atoms with Crippen LogP contribution in [0.15, 0.2) is 30.5 Å². The van der Waals surface area contributed by atoms with Crippen LogP contribution in [0.2, 0.25) is 0 Å². The Morgan fingerprint density at radius 2 is 1.89 bits per heavy atom. The highest BCUT2D eigenvalue weighted by molar-refractivity contribution is 5.85. The van der Waals surface area contributed by atoms with Crippen LogP contribution in [-0.2, 0) is 12.7 Å². The lowest BCUT2D eigenvalue weighted by Crippen LogP contribution is -2.05. The van der Waals surface area contributed by atoms with Crippen LogP contribution in [0.3, 0.4) is 0 Å². The second-order valence-corrected chi connectivity index (χ2v) is 3.96. The molecule has 1 aromatic carbocycles. The summed E-state index contributed by atoms with van der Waals surface area (Å²) in [6.07, 6.45) is -2.31. The summed E-state index contributed by atoms with van der Waals surface area (Å²) >= 11 is 0. The maximum absolute atomic E-state index is 12.5. The first-order valence-electron chi connectivity index (χ1n) is 5.66. The van der Waals surface area contributed by atoms with Crippen molar-refractivity contribution < 1.29 is 18.0 Å². The van der Waals surface area contributed by atoms with Gasteiger partial charge in [0.05, 0.1) is 23.0 Å².